The first-order valence-corrected chi connectivity index (χ1v) is 8.14. The van der Waals surface area contributed by atoms with E-state index in [0.717, 1.165) is 38.5 Å². The van der Waals surface area contributed by atoms with Gasteiger partial charge in [-0.15, -0.1) is 12.4 Å². The maximum atomic E-state index is 8.80. The highest BCUT2D eigenvalue weighted by molar-refractivity contribution is 5.85. The Morgan fingerprint density at radius 1 is 0.905 bits per heavy atom. The van der Waals surface area contributed by atoms with Crippen LogP contribution in [0, 0.1) is 5.92 Å². The van der Waals surface area contributed by atoms with Crippen LogP contribution in [-0.4, -0.2) is 54.8 Å². The zero-order valence-electron chi connectivity index (χ0n) is 14.1. The minimum Gasteiger partial charge on any atom is -0.381 e. The Balaban J connectivity index is 0. The molecule has 0 fully saturated rings. The number of nitrogens with zero attached hydrogens (tertiary/aromatic N) is 1. The average Bonchev–Trinajstić information content (AvgIpc) is 2.34. The summed E-state index contributed by atoms with van der Waals surface area (Å²) in [5, 5.41) is 17.6. The van der Waals surface area contributed by atoms with Gasteiger partial charge >= 0.3 is 0 Å². The molecule has 0 unspecified atom stereocenters. The van der Waals surface area contributed by atoms with Crippen LogP contribution in [0.25, 0.3) is 0 Å². The summed E-state index contributed by atoms with van der Waals surface area (Å²) in [6.07, 6.45) is 7.53. The van der Waals surface area contributed by atoms with E-state index in [9.17, 15) is 0 Å². The molecule has 5 heteroatoms. The van der Waals surface area contributed by atoms with E-state index < -0.39 is 6.29 Å². The summed E-state index contributed by atoms with van der Waals surface area (Å²) < 4.78 is 5.58. The van der Waals surface area contributed by atoms with E-state index in [1.165, 1.54) is 32.1 Å². The fourth-order valence-corrected chi connectivity index (χ4v) is 2.20. The highest BCUT2D eigenvalue weighted by atomic mass is 35.5. The first-order valence-electron chi connectivity index (χ1n) is 8.14. The molecule has 0 aliphatic heterocycles. The minimum atomic E-state index is -1.24. The second-order valence-corrected chi connectivity index (χ2v) is 6.16. The van der Waals surface area contributed by atoms with Gasteiger partial charge in [0.15, 0.2) is 6.29 Å². The fraction of sp³-hybridized carbons (Fsp3) is 1.00. The number of hydrogen-bond donors (Lipinski definition) is 2. The van der Waals surface area contributed by atoms with Crippen LogP contribution < -0.4 is 0 Å². The Labute approximate surface area is 137 Å². The van der Waals surface area contributed by atoms with Crippen LogP contribution in [0.15, 0.2) is 0 Å². The average molecular weight is 326 g/mol. The van der Waals surface area contributed by atoms with Crippen LogP contribution in [0.5, 0.6) is 0 Å². The number of unbranched alkanes of at least 4 members (excludes halogenated alkanes) is 4. The van der Waals surface area contributed by atoms with Crippen molar-refractivity contribution >= 4 is 12.4 Å². The van der Waals surface area contributed by atoms with E-state index in [1.807, 2.05) is 11.9 Å². The Hall–Kier alpha value is 0.130. The van der Waals surface area contributed by atoms with Crippen LogP contribution in [-0.2, 0) is 4.74 Å². The molecule has 0 radical (unpaired) electrons. The maximum Gasteiger partial charge on any atom is 0.164 e. The molecular weight excluding hydrogens is 290 g/mol. The smallest absolute Gasteiger partial charge is 0.164 e. The van der Waals surface area contributed by atoms with Crippen LogP contribution in [0.3, 0.4) is 0 Å². The molecule has 4 nitrogen and oxygen atoms in total. The normalized spacial score (nSPS) is 11.4. The first kappa shape index (κ1) is 23.4. The van der Waals surface area contributed by atoms with Crippen molar-refractivity contribution in [2.45, 2.75) is 65.1 Å². The Bertz CT molecular complexity index is 204. The molecule has 0 aromatic carbocycles. The van der Waals surface area contributed by atoms with Gasteiger partial charge in [-0.2, -0.15) is 0 Å². The highest BCUT2D eigenvalue weighted by Gasteiger charge is 2.03. The molecule has 21 heavy (non-hydrogen) atoms. The molecule has 0 saturated carbocycles. The molecule has 0 aliphatic carbocycles. The number of halogens is 1. The third kappa shape index (κ3) is 20.1. The van der Waals surface area contributed by atoms with Crippen LogP contribution in [0.2, 0.25) is 0 Å². The van der Waals surface area contributed by atoms with Gasteiger partial charge in [-0.1, -0.05) is 46.0 Å². The van der Waals surface area contributed by atoms with Crippen LogP contribution in [0.4, 0.5) is 0 Å². The van der Waals surface area contributed by atoms with Crippen molar-refractivity contribution in [3.05, 3.63) is 0 Å². The maximum absolute atomic E-state index is 8.80. The third-order valence-corrected chi connectivity index (χ3v) is 3.37. The number of aliphatic hydroxyl groups excluding tert-OH is 1. The lowest BCUT2D eigenvalue weighted by molar-refractivity contribution is -0.0580. The summed E-state index contributed by atoms with van der Waals surface area (Å²) in [5.41, 5.74) is 0. The van der Waals surface area contributed by atoms with Gasteiger partial charge < -0.3 is 19.8 Å². The molecule has 0 aromatic heterocycles. The summed E-state index contributed by atoms with van der Waals surface area (Å²) in [7, 11) is 1.89. The molecule has 0 amide bonds. The summed E-state index contributed by atoms with van der Waals surface area (Å²) >= 11 is 0. The first-order chi connectivity index (χ1) is 9.52. The SMILES string of the molecule is CC(C)CCCCCCCOCCCN(C)CC(O)O.Cl. The fourth-order valence-electron chi connectivity index (χ4n) is 2.20. The number of hydrogen-bond acceptors (Lipinski definition) is 4. The molecule has 0 heterocycles. The van der Waals surface area contributed by atoms with Gasteiger partial charge in [0.25, 0.3) is 0 Å². The van der Waals surface area contributed by atoms with Crippen molar-refractivity contribution < 1.29 is 14.9 Å². The lowest BCUT2D eigenvalue weighted by atomic mass is 10.0. The minimum absolute atomic E-state index is 0. The summed E-state index contributed by atoms with van der Waals surface area (Å²) in [5.74, 6) is 0.836. The molecule has 130 valence electrons. The van der Waals surface area contributed by atoms with Gasteiger partial charge in [-0.25, -0.2) is 0 Å². The number of rotatable bonds is 14. The largest absolute Gasteiger partial charge is 0.381 e. The molecule has 0 rings (SSSR count). The second kappa shape index (κ2) is 16.5. The van der Waals surface area contributed by atoms with Crippen molar-refractivity contribution in [1.82, 2.24) is 4.90 Å². The van der Waals surface area contributed by atoms with E-state index in [1.54, 1.807) is 0 Å². The number of aliphatic hydroxyl groups is 2. The predicted octanol–water partition coefficient (Wildman–Crippen LogP) is 3.05. The molecule has 0 aliphatic rings. The van der Waals surface area contributed by atoms with Crippen molar-refractivity contribution in [1.29, 1.82) is 0 Å². The van der Waals surface area contributed by atoms with Gasteiger partial charge in [0, 0.05) is 26.3 Å². The molecule has 0 aromatic rings. The van der Waals surface area contributed by atoms with Gasteiger partial charge in [0.1, 0.15) is 0 Å². The second-order valence-electron chi connectivity index (χ2n) is 6.16. The van der Waals surface area contributed by atoms with Gasteiger partial charge in [0.2, 0.25) is 0 Å². The molecule has 2 N–H and O–H groups in total. The van der Waals surface area contributed by atoms with E-state index in [-0.39, 0.29) is 12.4 Å². The van der Waals surface area contributed by atoms with Gasteiger partial charge in [-0.05, 0) is 25.8 Å². The van der Waals surface area contributed by atoms with Gasteiger partial charge in [0.05, 0.1) is 0 Å². The van der Waals surface area contributed by atoms with E-state index >= 15 is 0 Å². The van der Waals surface area contributed by atoms with Crippen LogP contribution in [0.1, 0.15) is 58.8 Å². The lowest BCUT2D eigenvalue weighted by Gasteiger charge is -2.17. The quantitative estimate of drug-likeness (QED) is 0.381. The Morgan fingerprint density at radius 2 is 1.48 bits per heavy atom. The zero-order chi connectivity index (χ0) is 15.2. The molecule has 0 atom stereocenters. The summed E-state index contributed by atoms with van der Waals surface area (Å²) in [4.78, 5) is 1.91. The number of ether oxygens (including phenoxy) is 1. The molecular formula is C16H36ClNO3. The van der Waals surface area contributed by atoms with E-state index in [0.29, 0.717) is 6.54 Å². The third-order valence-electron chi connectivity index (χ3n) is 3.37. The van der Waals surface area contributed by atoms with Gasteiger partial charge in [-0.3, -0.25) is 0 Å². The lowest BCUT2D eigenvalue weighted by Crippen LogP contribution is -2.30. The molecule has 0 spiro atoms. The van der Waals surface area contributed by atoms with Crippen molar-refractivity contribution in [3.63, 3.8) is 0 Å². The van der Waals surface area contributed by atoms with E-state index in [2.05, 4.69) is 13.8 Å². The molecule has 0 bridgehead atoms. The summed E-state index contributed by atoms with van der Waals surface area (Å²) in [6, 6.07) is 0. The Morgan fingerprint density at radius 3 is 2.10 bits per heavy atom. The topological polar surface area (TPSA) is 52.9 Å². The van der Waals surface area contributed by atoms with Crippen molar-refractivity contribution in [2.24, 2.45) is 5.92 Å². The standard InChI is InChI=1S/C16H35NO3.ClH/c1-15(2)10-7-5-4-6-8-12-20-13-9-11-17(3)14-16(18)19;/h15-16,18-19H,4-14H2,1-3H3;1H. The van der Waals surface area contributed by atoms with E-state index in [4.69, 9.17) is 14.9 Å². The van der Waals surface area contributed by atoms with Crippen LogP contribution >= 0.6 is 12.4 Å². The van der Waals surface area contributed by atoms with Crippen molar-refractivity contribution in [2.75, 3.05) is 33.4 Å². The van der Waals surface area contributed by atoms with Crippen molar-refractivity contribution in [3.8, 4) is 0 Å². The predicted molar refractivity (Wildman–Crippen MR) is 90.9 cm³/mol. The monoisotopic (exact) mass is 325 g/mol. The number of likely N-dealkylation sites (N-methyl/N-ethyl adjacent to an activating group) is 1. The highest BCUT2D eigenvalue weighted by Crippen LogP contribution is 2.10. The zero-order valence-corrected chi connectivity index (χ0v) is 14.9. The summed E-state index contributed by atoms with van der Waals surface area (Å²) in [6.45, 7) is 7.33. The molecule has 0 saturated heterocycles. The Kier molecular flexibility index (Phi) is 18.4.